The average molecular weight is 311 g/mol. The molecule has 116 valence electrons. The fourth-order valence-electron chi connectivity index (χ4n) is 2.31. The molecule has 1 heterocycles. The molecule has 0 amide bonds. The first-order valence-corrected chi connectivity index (χ1v) is 7.10. The van der Waals surface area contributed by atoms with Gasteiger partial charge in [0.15, 0.2) is 0 Å². The van der Waals surface area contributed by atoms with E-state index < -0.39 is 5.97 Å². The monoisotopic (exact) mass is 311 g/mol. The Balaban J connectivity index is 1.69. The highest BCUT2D eigenvalue weighted by atomic mass is 19.1. The van der Waals surface area contributed by atoms with Gasteiger partial charge in [0.05, 0.1) is 11.1 Å². The fraction of sp³-hybridized carbons (Fsp3) is 0.118. The van der Waals surface area contributed by atoms with Crippen LogP contribution in [0.2, 0.25) is 0 Å². The maximum atomic E-state index is 13.4. The van der Waals surface area contributed by atoms with E-state index in [1.165, 1.54) is 18.5 Å². The molecule has 0 saturated heterocycles. The lowest BCUT2D eigenvalue weighted by atomic mass is 10.1. The van der Waals surface area contributed by atoms with Gasteiger partial charge in [0.25, 0.3) is 0 Å². The lowest BCUT2D eigenvalue weighted by Crippen LogP contribution is -2.07. The van der Waals surface area contributed by atoms with E-state index in [9.17, 15) is 9.18 Å². The number of carbonyl (C=O) groups is 1. The third-order valence-corrected chi connectivity index (χ3v) is 3.50. The summed E-state index contributed by atoms with van der Waals surface area (Å²) < 4.78 is 13.4. The van der Waals surface area contributed by atoms with Crippen molar-refractivity contribution < 1.29 is 14.3 Å². The van der Waals surface area contributed by atoms with E-state index in [2.05, 4.69) is 15.3 Å². The summed E-state index contributed by atoms with van der Waals surface area (Å²) in [6.07, 6.45) is 2.13. The highest BCUT2D eigenvalue weighted by molar-refractivity contribution is 5.89. The topological polar surface area (TPSA) is 75.1 Å². The number of nitrogens with one attached hydrogen (secondary N) is 1. The first kappa shape index (κ1) is 14.9. The first-order chi connectivity index (χ1) is 11.1. The van der Waals surface area contributed by atoms with Crippen LogP contribution >= 0.6 is 0 Å². The second-order valence-corrected chi connectivity index (χ2v) is 5.06. The Morgan fingerprint density at radius 2 is 1.91 bits per heavy atom. The van der Waals surface area contributed by atoms with Gasteiger partial charge in [0.2, 0.25) is 0 Å². The van der Waals surface area contributed by atoms with Crippen molar-refractivity contribution in [3.8, 4) is 0 Å². The summed E-state index contributed by atoms with van der Waals surface area (Å²) in [6, 6.07) is 11.1. The Bertz CT molecular complexity index is 850. The van der Waals surface area contributed by atoms with Crippen molar-refractivity contribution in [2.45, 2.75) is 6.42 Å². The summed E-state index contributed by atoms with van der Waals surface area (Å²) in [5.41, 5.74) is 1.95. The van der Waals surface area contributed by atoms with E-state index in [1.807, 2.05) is 0 Å². The molecule has 0 unspecified atom stereocenters. The van der Waals surface area contributed by atoms with Crippen LogP contribution < -0.4 is 5.32 Å². The van der Waals surface area contributed by atoms with Gasteiger partial charge in [-0.05, 0) is 42.3 Å². The SMILES string of the molecule is O=C(O)c1ccc(CCNc2ncnc3ccc(F)cc23)cc1. The number of hydrogen-bond donors (Lipinski definition) is 2. The van der Waals surface area contributed by atoms with E-state index in [0.29, 0.717) is 29.7 Å². The van der Waals surface area contributed by atoms with Gasteiger partial charge in [-0.15, -0.1) is 0 Å². The number of carboxylic acid groups (broad SMARTS) is 1. The fourth-order valence-corrected chi connectivity index (χ4v) is 2.31. The van der Waals surface area contributed by atoms with Gasteiger partial charge in [-0.1, -0.05) is 12.1 Å². The van der Waals surface area contributed by atoms with Crippen LogP contribution in [0.4, 0.5) is 10.2 Å². The highest BCUT2D eigenvalue weighted by Crippen LogP contribution is 2.20. The zero-order valence-electron chi connectivity index (χ0n) is 12.2. The number of carboxylic acids is 1. The molecule has 0 aliphatic rings. The second-order valence-electron chi connectivity index (χ2n) is 5.06. The third-order valence-electron chi connectivity index (χ3n) is 3.50. The Hall–Kier alpha value is -3.02. The summed E-state index contributed by atoms with van der Waals surface area (Å²) >= 11 is 0. The number of aromatic carboxylic acids is 1. The van der Waals surface area contributed by atoms with Crippen molar-refractivity contribution in [3.05, 3.63) is 65.7 Å². The Labute approximate surface area is 131 Å². The normalized spacial score (nSPS) is 10.7. The molecule has 0 saturated carbocycles. The molecule has 3 rings (SSSR count). The van der Waals surface area contributed by atoms with E-state index in [1.54, 1.807) is 30.3 Å². The molecule has 0 aliphatic carbocycles. The standard InChI is InChI=1S/C17H14FN3O2/c18-13-5-6-15-14(9-13)16(21-10-20-15)19-8-7-11-1-3-12(4-2-11)17(22)23/h1-6,9-10H,7-8H2,(H,22,23)(H,19,20,21). The minimum Gasteiger partial charge on any atom is -0.478 e. The molecule has 0 fully saturated rings. The van der Waals surface area contributed by atoms with Crippen molar-refractivity contribution in [1.82, 2.24) is 9.97 Å². The van der Waals surface area contributed by atoms with Crippen molar-refractivity contribution in [3.63, 3.8) is 0 Å². The van der Waals surface area contributed by atoms with Crippen LogP contribution in [-0.4, -0.2) is 27.6 Å². The van der Waals surface area contributed by atoms with Gasteiger partial charge in [-0.25, -0.2) is 19.2 Å². The maximum Gasteiger partial charge on any atom is 0.335 e. The molecule has 23 heavy (non-hydrogen) atoms. The summed E-state index contributed by atoms with van der Waals surface area (Å²) in [6.45, 7) is 0.592. The number of rotatable bonds is 5. The molecular weight excluding hydrogens is 297 g/mol. The smallest absolute Gasteiger partial charge is 0.335 e. The number of halogens is 1. The Kier molecular flexibility index (Phi) is 4.14. The summed E-state index contributed by atoms with van der Waals surface area (Å²) in [5, 5.41) is 12.7. The number of nitrogens with zero attached hydrogens (tertiary/aromatic N) is 2. The Morgan fingerprint density at radius 1 is 1.13 bits per heavy atom. The van der Waals surface area contributed by atoms with Gasteiger partial charge in [0.1, 0.15) is 18.0 Å². The number of anilines is 1. The lowest BCUT2D eigenvalue weighted by Gasteiger charge is -2.08. The zero-order valence-corrected chi connectivity index (χ0v) is 12.2. The molecule has 0 radical (unpaired) electrons. The van der Waals surface area contributed by atoms with Gasteiger partial charge < -0.3 is 10.4 Å². The second kappa shape index (κ2) is 6.39. The van der Waals surface area contributed by atoms with Crippen LogP contribution in [-0.2, 0) is 6.42 Å². The van der Waals surface area contributed by atoms with Gasteiger partial charge in [-0.3, -0.25) is 0 Å². The van der Waals surface area contributed by atoms with E-state index in [4.69, 9.17) is 5.11 Å². The summed E-state index contributed by atoms with van der Waals surface area (Å²) in [7, 11) is 0. The predicted octanol–water partition coefficient (Wildman–Crippen LogP) is 3.12. The molecule has 3 aromatic rings. The first-order valence-electron chi connectivity index (χ1n) is 7.10. The van der Waals surface area contributed by atoms with Crippen LogP contribution in [0, 0.1) is 5.82 Å². The van der Waals surface area contributed by atoms with Crippen LogP contribution in [0.1, 0.15) is 15.9 Å². The van der Waals surface area contributed by atoms with Crippen LogP contribution in [0.3, 0.4) is 0 Å². The molecule has 0 aliphatic heterocycles. The average Bonchev–Trinajstić information content (AvgIpc) is 2.55. The minimum atomic E-state index is -0.941. The number of fused-ring (bicyclic) bond motifs is 1. The Morgan fingerprint density at radius 3 is 2.65 bits per heavy atom. The molecule has 6 heteroatoms. The highest BCUT2D eigenvalue weighted by Gasteiger charge is 2.05. The van der Waals surface area contributed by atoms with Crippen LogP contribution in [0.15, 0.2) is 48.8 Å². The molecule has 0 atom stereocenters. The van der Waals surface area contributed by atoms with Crippen molar-refractivity contribution in [2.75, 3.05) is 11.9 Å². The molecule has 1 aromatic heterocycles. The van der Waals surface area contributed by atoms with Crippen LogP contribution in [0.5, 0.6) is 0 Å². The van der Waals surface area contributed by atoms with E-state index >= 15 is 0 Å². The van der Waals surface area contributed by atoms with Gasteiger partial charge >= 0.3 is 5.97 Å². The van der Waals surface area contributed by atoms with E-state index in [-0.39, 0.29) is 11.4 Å². The predicted molar refractivity (Wildman–Crippen MR) is 85.1 cm³/mol. The van der Waals surface area contributed by atoms with E-state index in [0.717, 1.165) is 5.56 Å². The van der Waals surface area contributed by atoms with Crippen molar-refractivity contribution in [1.29, 1.82) is 0 Å². The van der Waals surface area contributed by atoms with Crippen LogP contribution in [0.25, 0.3) is 10.9 Å². The lowest BCUT2D eigenvalue weighted by molar-refractivity contribution is 0.0697. The van der Waals surface area contributed by atoms with Gasteiger partial charge in [0, 0.05) is 11.9 Å². The molecule has 5 nitrogen and oxygen atoms in total. The quantitative estimate of drug-likeness (QED) is 0.757. The summed E-state index contributed by atoms with van der Waals surface area (Å²) in [5.74, 6) is -0.694. The number of hydrogen-bond acceptors (Lipinski definition) is 4. The molecular formula is C17H14FN3O2. The van der Waals surface area contributed by atoms with Crippen molar-refractivity contribution in [2.24, 2.45) is 0 Å². The molecule has 2 N–H and O–H groups in total. The zero-order chi connectivity index (χ0) is 16.2. The van der Waals surface area contributed by atoms with Gasteiger partial charge in [-0.2, -0.15) is 0 Å². The largest absolute Gasteiger partial charge is 0.478 e. The number of benzene rings is 2. The summed E-state index contributed by atoms with van der Waals surface area (Å²) in [4.78, 5) is 19.1. The number of aromatic nitrogens is 2. The maximum absolute atomic E-state index is 13.4. The molecule has 0 bridgehead atoms. The third kappa shape index (κ3) is 3.42. The molecule has 2 aromatic carbocycles. The molecule has 0 spiro atoms. The minimum absolute atomic E-state index is 0.263. The van der Waals surface area contributed by atoms with Crippen molar-refractivity contribution >= 4 is 22.7 Å².